The molecule has 1 N–H and O–H groups in total. The van der Waals surface area contributed by atoms with Gasteiger partial charge in [-0.25, -0.2) is 0 Å². The SMILES string of the molecule is COc1cccc(N(C)c2ccc(-c3ccc(C4CCC(CC(=O)O)CC4)cc3)nn2)c1. The highest BCUT2D eigenvalue weighted by Crippen LogP contribution is 2.37. The maximum Gasteiger partial charge on any atom is 0.303 e. The smallest absolute Gasteiger partial charge is 0.303 e. The number of anilines is 2. The summed E-state index contributed by atoms with van der Waals surface area (Å²) in [6.45, 7) is 0. The summed E-state index contributed by atoms with van der Waals surface area (Å²) in [4.78, 5) is 12.9. The van der Waals surface area contributed by atoms with Gasteiger partial charge in [-0.15, -0.1) is 10.2 Å². The molecule has 3 aromatic rings. The number of rotatable bonds is 7. The topological polar surface area (TPSA) is 75.5 Å². The largest absolute Gasteiger partial charge is 0.497 e. The number of aliphatic carboxylic acids is 1. The zero-order valence-electron chi connectivity index (χ0n) is 18.6. The number of hydrogen-bond donors (Lipinski definition) is 1. The van der Waals surface area contributed by atoms with Crippen LogP contribution in [0.4, 0.5) is 11.5 Å². The molecule has 0 amide bonds. The quantitative estimate of drug-likeness (QED) is 0.520. The van der Waals surface area contributed by atoms with E-state index in [0.29, 0.717) is 18.3 Å². The first kappa shape index (κ1) is 21.8. The second kappa shape index (κ2) is 9.81. The van der Waals surface area contributed by atoms with Gasteiger partial charge in [0, 0.05) is 30.8 Å². The van der Waals surface area contributed by atoms with Crippen molar-refractivity contribution in [3.8, 4) is 17.0 Å². The first-order valence-corrected chi connectivity index (χ1v) is 11.1. The van der Waals surface area contributed by atoms with Crippen LogP contribution in [0, 0.1) is 5.92 Å². The Kier molecular flexibility index (Phi) is 6.69. The van der Waals surface area contributed by atoms with Gasteiger partial charge in [-0.2, -0.15) is 0 Å². The molecule has 0 aliphatic heterocycles. The van der Waals surface area contributed by atoms with Gasteiger partial charge in [0.05, 0.1) is 12.8 Å². The van der Waals surface area contributed by atoms with Crippen LogP contribution in [0.25, 0.3) is 11.3 Å². The summed E-state index contributed by atoms with van der Waals surface area (Å²) >= 11 is 0. The van der Waals surface area contributed by atoms with Crippen molar-refractivity contribution in [1.29, 1.82) is 0 Å². The molecule has 0 radical (unpaired) electrons. The van der Waals surface area contributed by atoms with Crippen LogP contribution < -0.4 is 9.64 Å². The monoisotopic (exact) mass is 431 g/mol. The van der Waals surface area contributed by atoms with Gasteiger partial charge in [-0.05, 0) is 67.3 Å². The Morgan fingerprint density at radius 1 is 1.03 bits per heavy atom. The highest BCUT2D eigenvalue weighted by atomic mass is 16.5. The molecule has 4 rings (SSSR count). The van der Waals surface area contributed by atoms with Crippen molar-refractivity contribution in [2.24, 2.45) is 5.92 Å². The normalized spacial score (nSPS) is 18.2. The summed E-state index contributed by atoms with van der Waals surface area (Å²) in [7, 11) is 3.61. The fourth-order valence-electron chi connectivity index (χ4n) is 4.48. The second-order valence-corrected chi connectivity index (χ2v) is 8.47. The van der Waals surface area contributed by atoms with Crippen molar-refractivity contribution in [3.63, 3.8) is 0 Å². The van der Waals surface area contributed by atoms with Crippen LogP contribution in [-0.2, 0) is 4.79 Å². The molecule has 0 bridgehead atoms. The molecule has 1 heterocycles. The predicted octanol–water partition coefficient (Wildman–Crippen LogP) is 5.67. The van der Waals surface area contributed by atoms with Crippen LogP contribution in [0.5, 0.6) is 5.75 Å². The molecule has 6 heteroatoms. The van der Waals surface area contributed by atoms with Crippen LogP contribution in [0.15, 0.2) is 60.7 Å². The number of hydrogen-bond acceptors (Lipinski definition) is 5. The Balaban J connectivity index is 1.41. The summed E-state index contributed by atoms with van der Waals surface area (Å²) in [5.41, 5.74) is 4.18. The van der Waals surface area contributed by atoms with E-state index in [1.54, 1.807) is 7.11 Å². The van der Waals surface area contributed by atoms with Gasteiger partial charge in [-0.1, -0.05) is 30.3 Å². The van der Waals surface area contributed by atoms with E-state index < -0.39 is 5.97 Å². The lowest BCUT2D eigenvalue weighted by atomic mass is 9.77. The fraction of sp³-hybridized carbons (Fsp3) is 0.346. The molecule has 0 saturated heterocycles. The molecule has 1 aliphatic rings. The number of carboxylic acid groups (broad SMARTS) is 1. The summed E-state index contributed by atoms with van der Waals surface area (Å²) < 4.78 is 5.31. The van der Waals surface area contributed by atoms with Gasteiger partial charge >= 0.3 is 5.97 Å². The zero-order valence-corrected chi connectivity index (χ0v) is 18.6. The Morgan fingerprint density at radius 3 is 2.41 bits per heavy atom. The van der Waals surface area contributed by atoms with Gasteiger partial charge in [0.15, 0.2) is 5.82 Å². The first-order chi connectivity index (χ1) is 15.5. The van der Waals surface area contributed by atoms with E-state index in [4.69, 9.17) is 9.84 Å². The summed E-state index contributed by atoms with van der Waals surface area (Å²) in [5, 5.41) is 17.9. The number of ether oxygens (including phenoxy) is 1. The molecule has 1 fully saturated rings. The molecule has 166 valence electrons. The zero-order chi connectivity index (χ0) is 22.5. The molecule has 1 aromatic heterocycles. The average Bonchev–Trinajstić information content (AvgIpc) is 2.84. The minimum Gasteiger partial charge on any atom is -0.497 e. The predicted molar refractivity (Wildman–Crippen MR) is 125 cm³/mol. The third kappa shape index (κ3) is 5.07. The Morgan fingerprint density at radius 2 is 1.78 bits per heavy atom. The van der Waals surface area contributed by atoms with E-state index in [1.165, 1.54) is 5.56 Å². The number of methoxy groups -OCH3 is 1. The lowest BCUT2D eigenvalue weighted by Crippen LogP contribution is -2.16. The lowest BCUT2D eigenvalue weighted by molar-refractivity contribution is -0.138. The molecular formula is C26H29N3O3. The van der Waals surface area contributed by atoms with Gasteiger partial charge in [0.25, 0.3) is 0 Å². The Bertz CT molecular complexity index is 1040. The standard InChI is InChI=1S/C26H29N3O3/c1-29(22-4-3-5-23(17-22)32-2)25-15-14-24(27-28-25)21-12-10-20(11-13-21)19-8-6-18(7-9-19)16-26(30)31/h3-5,10-15,17-19H,6-9,16H2,1-2H3,(H,30,31). The molecule has 0 spiro atoms. The van der Waals surface area contributed by atoms with Crippen LogP contribution >= 0.6 is 0 Å². The van der Waals surface area contributed by atoms with Crippen molar-refractivity contribution in [2.45, 2.75) is 38.0 Å². The molecule has 6 nitrogen and oxygen atoms in total. The minimum atomic E-state index is -0.681. The fourth-order valence-corrected chi connectivity index (χ4v) is 4.48. The van der Waals surface area contributed by atoms with Crippen LogP contribution in [0.2, 0.25) is 0 Å². The van der Waals surface area contributed by atoms with Crippen molar-refractivity contribution >= 4 is 17.5 Å². The molecular weight excluding hydrogens is 402 g/mol. The number of aromatic nitrogens is 2. The van der Waals surface area contributed by atoms with Gasteiger partial charge in [0.2, 0.25) is 0 Å². The summed E-state index contributed by atoms with van der Waals surface area (Å²) in [6.07, 6.45) is 4.40. The first-order valence-electron chi connectivity index (χ1n) is 11.1. The Hall–Kier alpha value is -3.41. The van der Waals surface area contributed by atoms with Crippen LogP contribution in [-0.4, -0.2) is 35.4 Å². The van der Waals surface area contributed by atoms with Crippen molar-refractivity contribution in [3.05, 3.63) is 66.2 Å². The third-order valence-electron chi connectivity index (χ3n) is 6.42. The highest BCUT2D eigenvalue weighted by molar-refractivity contribution is 5.67. The molecule has 2 aromatic carbocycles. The average molecular weight is 432 g/mol. The van der Waals surface area contributed by atoms with E-state index >= 15 is 0 Å². The lowest BCUT2D eigenvalue weighted by Gasteiger charge is -2.28. The number of benzene rings is 2. The maximum atomic E-state index is 10.9. The molecule has 0 atom stereocenters. The summed E-state index contributed by atoms with van der Waals surface area (Å²) in [6, 6.07) is 20.4. The summed E-state index contributed by atoms with van der Waals surface area (Å²) in [5.74, 6) is 1.72. The van der Waals surface area contributed by atoms with E-state index in [0.717, 1.165) is 54.2 Å². The van der Waals surface area contributed by atoms with Crippen LogP contribution in [0.1, 0.15) is 43.6 Å². The van der Waals surface area contributed by atoms with E-state index in [-0.39, 0.29) is 0 Å². The van der Waals surface area contributed by atoms with Crippen molar-refractivity contribution < 1.29 is 14.6 Å². The van der Waals surface area contributed by atoms with Gasteiger partial charge in [0.1, 0.15) is 5.75 Å². The molecule has 1 saturated carbocycles. The number of nitrogens with zero attached hydrogens (tertiary/aromatic N) is 3. The van der Waals surface area contributed by atoms with Crippen molar-refractivity contribution in [1.82, 2.24) is 10.2 Å². The third-order valence-corrected chi connectivity index (χ3v) is 6.42. The van der Waals surface area contributed by atoms with E-state index in [2.05, 4.69) is 34.5 Å². The minimum absolute atomic E-state index is 0.299. The van der Waals surface area contributed by atoms with Gasteiger partial charge < -0.3 is 14.7 Å². The van der Waals surface area contributed by atoms with E-state index in [1.807, 2.05) is 48.3 Å². The molecule has 1 aliphatic carbocycles. The molecule has 32 heavy (non-hydrogen) atoms. The van der Waals surface area contributed by atoms with Crippen LogP contribution in [0.3, 0.4) is 0 Å². The number of carboxylic acids is 1. The molecule has 0 unspecified atom stereocenters. The van der Waals surface area contributed by atoms with Crippen molar-refractivity contribution in [2.75, 3.05) is 19.1 Å². The number of carbonyl (C=O) groups is 1. The van der Waals surface area contributed by atoms with E-state index in [9.17, 15) is 4.79 Å². The second-order valence-electron chi connectivity index (χ2n) is 8.47. The maximum absolute atomic E-state index is 10.9. The Labute approximate surface area is 188 Å². The highest BCUT2D eigenvalue weighted by Gasteiger charge is 2.24. The van der Waals surface area contributed by atoms with Gasteiger partial charge in [-0.3, -0.25) is 4.79 Å².